The molecule has 0 spiro atoms. The van der Waals surface area contributed by atoms with Crippen molar-refractivity contribution in [1.29, 1.82) is 0 Å². The molecule has 0 atom stereocenters. The summed E-state index contributed by atoms with van der Waals surface area (Å²) in [6.45, 7) is 1.79. The van der Waals surface area contributed by atoms with E-state index in [1.54, 1.807) is 12.1 Å². The molecule has 0 amide bonds. The number of benzene rings is 3. The molecule has 0 aliphatic heterocycles. The summed E-state index contributed by atoms with van der Waals surface area (Å²) in [5.41, 5.74) is 4.25. The molecule has 0 saturated carbocycles. The van der Waals surface area contributed by atoms with Gasteiger partial charge in [0.1, 0.15) is 5.75 Å². The third kappa shape index (κ3) is 8.28. The number of nitrogens with zero attached hydrogens (tertiary/aromatic N) is 2. The van der Waals surface area contributed by atoms with Crippen molar-refractivity contribution in [1.82, 2.24) is 9.80 Å². The second-order valence-corrected chi connectivity index (χ2v) is 12.4. The number of phenolic OH excluding ortho intramolecular Hbond substituents is 1. The average molecular weight is 481 g/mol. The van der Waals surface area contributed by atoms with E-state index in [1.165, 1.54) is 33.5 Å². The van der Waals surface area contributed by atoms with Crippen LogP contribution in [0.5, 0.6) is 5.75 Å². The smallest absolute Gasteiger partial charge is 0.193 e. The largest absolute Gasteiger partial charge is 0.508 e. The van der Waals surface area contributed by atoms with Crippen LogP contribution >= 0.6 is 19.7 Å². The lowest BCUT2D eigenvalue weighted by molar-refractivity contribution is -0.110. The predicted octanol–water partition coefficient (Wildman–Crippen LogP) is 4.41. The summed E-state index contributed by atoms with van der Waals surface area (Å²) in [4.78, 5) is 17.1. The Hall–Kier alpha value is -2.17. The molecule has 4 nitrogen and oxygen atoms in total. The molecule has 3 aromatic carbocycles. The highest BCUT2D eigenvalue weighted by atomic mass is 32.2. The zero-order chi connectivity index (χ0) is 23.8. The van der Waals surface area contributed by atoms with Crippen molar-refractivity contribution in [3.8, 4) is 5.75 Å². The van der Waals surface area contributed by atoms with E-state index >= 15 is 0 Å². The van der Waals surface area contributed by atoms with E-state index in [1.807, 2.05) is 12.1 Å². The quantitative estimate of drug-likeness (QED) is 0.436. The summed E-state index contributed by atoms with van der Waals surface area (Å²) in [5.74, 6) is 0.220. The van der Waals surface area contributed by atoms with E-state index in [0.717, 1.165) is 24.1 Å². The molecule has 0 aliphatic carbocycles. The fourth-order valence-corrected chi connectivity index (χ4v) is 7.67. The van der Waals surface area contributed by atoms with E-state index in [4.69, 9.17) is 0 Å². The van der Waals surface area contributed by atoms with Gasteiger partial charge >= 0.3 is 0 Å². The Morgan fingerprint density at radius 1 is 0.788 bits per heavy atom. The molecular weight excluding hydrogens is 447 g/mol. The first kappa shape index (κ1) is 25.5. The van der Waals surface area contributed by atoms with Crippen LogP contribution in [0.4, 0.5) is 0 Å². The summed E-state index contributed by atoms with van der Waals surface area (Å²) in [5, 5.41) is 12.2. The van der Waals surface area contributed by atoms with Crippen molar-refractivity contribution in [3.05, 3.63) is 89.5 Å². The van der Waals surface area contributed by atoms with Gasteiger partial charge < -0.3 is 14.9 Å². The fraction of sp³-hybridized carbons (Fsp3) is 0.296. The molecule has 6 heteroatoms. The minimum absolute atomic E-state index is 0.155. The van der Waals surface area contributed by atoms with Crippen LogP contribution in [-0.2, 0) is 24.3 Å². The number of rotatable bonds is 10. The van der Waals surface area contributed by atoms with Gasteiger partial charge in [-0.3, -0.25) is 4.79 Å². The predicted molar refractivity (Wildman–Crippen MR) is 143 cm³/mol. The van der Waals surface area contributed by atoms with Crippen molar-refractivity contribution in [3.63, 3.8) is 0 Å². The lowest BCUT2D eigenvalue weighted by Gasteiger charge is -2.21. The molecule has 3 rings (SSSR count). The van der Waals surface area contributed by atoms with Gasteiger partial charge in [-0.15, -0.1) is 0 Å². The highest BCUT2D eigenvalue weighted by Crippen LogP contribution is 2.38. The van der Waals surface area contributed by atoms with Crippen molar-refractivity contribution >= 4 is 35.4 Å². The third-order valence-electron chi connectivity index (χ3n) is 5.08. The zero-order valence-corrected chi connectivity index (χ0v) is 21.6. The van der Waals surface area contributed by atoms with Gasteiger partial charge in [0.15, 0.2) is 5.12 Å². The fourth-order valence-electron chi connectivity index (χ4n) is 3.64. The molecule has 33 heavy (non-hydrogen) atoms. The van der Waals surface area contributed by atoms with Crippen LogP contribution in [0.1, 0.15) is 16.7 Å². The lowest BCUT2D eigenvalue weighted by Crippen LogP contribution is -2.18. The van der Waals surface area contributed by atoms with Crippen molar-refractivity contribution in [2.45, 2.75) is 19.5 Å². The van der Waals surface area contributed by atoms with E-state index in [0.29, 0.717) is 6.42 Å². The second-order valence-electron chi connectivity index (χ2n) is 8.73. The van der Waals surface area contributed by atoms with Crippen LogP contribution in [-0.4, -0.2) is 53.7 Å². The van der Waals surface area contributed by atoms with Gasteiger partial charge in [0, 0.05) is 25.0 Å². The van der Waals surface area contributed by atoms with Gasteiger partial charge in [0.25, 0.3) is 0 Å². The molecule has 0 fully saturated rings. The maximum absolute atomic E-state index is 12.8. The summed E-state index contributed by atoms with van der Waals surface area (Å²) >= 11 is 1.42. The number of phenols is 1. The molecular formula is C27H33N2O2PS. The van der Waals surface area contributed by atoms with Crippen LogP contribution < -0.4 is 10.6 Å². The Bertz CT molecular complexity index is 1000. The van der Waals surface area contributed by atoms with E-state index in [9.17, 15) is 9.90 Å². The summed E-state index contributed by atoms with van der Waals surface area (Å²) < 4.78 is 0. The number of aromatic hydroxyl groups is 1. The average Bonchev–Trinajstić information content (AvgIpc) is 2.75. The Kier molecular flexibility index (Phi) is 9.52. The van der Waals surface area contributed by atoms with Crippen molar-refractivity contribution in [2.24, 2.45) is 0 Å². The maximum atomic E-state index is 12.8. The van der Waals surface area contributed by atoms with Crippen molar-refractivity contribution < 1.29 is 9.90 Å². The van der Waals surface area contributed by atoms with Gasteiger partial charge in [0.05, 0.1) is 0 Å². The Labute approximate surface area is 203 Å². The number of thioether (sulfide) groups is 1. The molecule has 1 N–H and O–H groups in total. The summed E-state index contributed by atoms with van der Waals surface area (Å²) in [6.07, 6.45) is 0.370. The van der Waals surface area contributed by atoms with E-state index in [-0.39, 0.29) is 10.9 Å². The molecule has 0 aromatic heterocycles. The molecule has 0 aliphatic rings. The van der Waals surface area contributed by atoms with Crippen LogP contribution in [0.2, 0.25) is 0 Å². The van der Waals surface area contributed by atoms with Gasteiger partial charge in [-0.1, -0.05) is 60.3 Å². The molecule has 0 unspecified atom stereocenters. The number of hydrogen-bond donors (Lipinski definition) is 1. The van der Waals surface area contributed by atoms with Gasteiger partial charge in [-0.25, -0.2) is 0 Å². The molecule has 0 saturated heterocycles. The maximum Gasteiger partial charge on any atom is 0.193 e. The van der Waals surface area contributed by atoms with E-state index < -0.39 is 7.92 Å². The van der Waals surface area contributed by atoms with Crippen LogP contribution in [0, 0.1) is 0 Å². The van der Waals surface area contributed by atoms with Crippen molar-refractivity contribution in [2.75, 3.05) is 33.7 Å². The molecule has 174 valence electrons. The lowest BCUT2D eigenvalue weighted by atomic mass is 10.2. The Morgan fingerprint density at radius 2 is 1.30 bits per heavy atom. The molecule has 0 radical (unpaired) electrons. The van der Waals surface area contributed by atoms with Crippen LogP contribution in [0.15, 0.2) is 72.8 Å². The standard InChI is InChI=1S/C27H33N2O2PS/c1-28(2)18-22-7-5-9-25(15-22)32(26-10-6-8-23(16-26)19-29(3)4)20-33-27(31)17-21-11-13-24(30)14-12-21/h5-16,30H,17-20H2,1-4H3. The second kappa shape index (κ2) is 12.3. The third-order valence-corrected chi connectivity index (χ3v) is 8.90. The first-order valence-corrected chi connectivity index (χ1v) is 13.5. The SMILES string of the molecule is CN(C)Cc1cccc(P(CSC(=O)Cc2ccc(O)cc2)c2cccc(CN(C)C)c2)c1. The highest BCUT2D eigenvalue weighted by Gasteiger charge is 2.18. The molecule has 0 bridgehead atoms. The van der Waals surface area contributed by atoms with Crippen LogP contribution in [0.3, 0.4) is 0 Å². The first-order valence-electron chi connectivity index (χ1n) is 11.0. The van der Waals surface area contributed by atoms with Gasteiger partial charge in [-0.2, -0.15) is 0 Å². The van der Waals surface area contributed by atoms with E-state index in [2.05, 4.69) is 86.5 Å². The minimum Gasteiger partial charge on any atom is -0.508 e. The van der Waals surface area contributed by atoms with Gasteiger partial charge in [-0.05, 0) is 87.7 Å². The minimum atomic E-state index is -0.680. The monoisotopic (exact) mass is 480 g/mol. The Balaban J connectivity index is 1.82. The topological polar surface area (TPSA) is 43.8 Å². The summed E-state index contributed by atoms with van der Waals surface area (Å²) in [7, 11) is 7.65. The Morgan fingerprint density at radius 3 is 1.79 bits per heavy atom. The molecule has 0 heterocycles. The number of carbonyl (C=O) groups excluding carboxylic acids is 1. The highest BCUT2D eigenvalue weighted by molar-refractivity contribution is 8.18. The number of carbonyl (C=O) groups is 1. The first-order chi connectivity index (χ1) is 15.8. The van der Waals surface area contributed by atoms with Crippen LogP contribution in [0.25, 0.3) is 0 Å². The number of hydrogen-bond acceptors (Lipinski definition) is 5. The normalized spacial score (nSPS) is 11.5. The zero-order valence-electron chi connectivity index (χ0n) is 19.9. The summed E-state index contributed by atoms with van der Waals surface area (Å²) in [6, 6.07) is 24.5. The van der Waals surface area contributed by atoms with Gasteiger partial charge in [0.2, 0.25) is 0 Å². The molecule has 3 aromatic rings.